The van der Waals surface area contributed by atoms with Gasteiger partial charge in [-0.2, -0.15) is 0 Å². The van der Waals surface area contributed by atoms with Crippen LogP contribution in [0, 0.1) is 0 Å². The molecule has 1 fully saturated rings. The molecule has 0 radical (unpaired) electrons. The van der Waals surface area contributed by atoms with Gasteiger partial charge >= 0.3 is 0 Å². The van der Waals surface area contributed by atoms with Crippen molar-refractivity contribution >= 4 is 17.4 Å². The number of Topliss-reactive ketones (excluding diaryl/α,β-unsaturated/α-hetero) is 1. The second-order valence-corrected chi connectivity index (χ2v) is 8.00. The average molecular weight is 454 g/mol. The lowest BCUT2D eigenvalue weighted by molar-refractivity contribution is -0.140. The van der Waals surface area contributed by atoms with Gasteiger partial charge < -0.3 is 24.2 Å². The summed E-state index contributed by atoms with van der Waals surface area (Å²) in [5.74, 6) is -0.345. The van der Waals surface area contributed by atoms with E-state index in [1.54, 1.807) is 36.4 Å². The van der Waals surface area contributed by atoms with Crippen molar-refractivity contribution in [2.24, 2.45) is 0 Å². The molecule has 0 aromatic heterocycles. The highest BCUT2D eigenvalue weighted by molar-refractivity contribution is 6.46. The quantitative estimate of drug-likeness (QED) is 0.249. The van der Waals surface area contributed by atoms with Gasteiger partial charge in [0.15, 0.2) is 0 Å². The van der Waals surface area contributed by atoms with Crippen LogP contribution in [-0.2, 0) is 14.3 Å². The Balaban J connectivity index is 2.03. The number of aliphatic hydroxyl groups excluding tert-OH is 1. The molecule has 1 atom stereocenters. The van der Waals surface area contributed by atoms with Gasteiger partial charge in [0.05, 0.1) is 31.4 Å². The molecule has 7 heteroatoms. The molecule has 1 saturated heterocycles. The van der Waals surface area contributed by atoms with E-state index in [0.717, 1.165) is 0 Å². The van der Waals surface area contributed by atoms with E-state index in [9.17, 15) is 14.7 Å². The molecule has 0 bridgehead atoms. The number of aliphatic hydroxyl groups is 1. The molecule has 0 unspecified atom stereocenters. The molecule has 3 rings (SSSR count). The molecule has 1 aliphatic rings. The van der Waals surface area contributed by atoms with E-state index in [-0.39, 0.29) is 17.4 Å². The van der Waals surface area contributed by atoms with Gasteiger partial charge in [-0.1, -0.05) is 24.3 Å². The van der Waals surface area contributed by atoms with Crippen molar-refractivity contribution in [1.29, 1.82) is 0 Å². The largest absolute Gasteiger partial charge is 0.507 e. The molecule has 176 valence electrons. The molecular weight excluding hydrogens is 422 g/mol. The van der Waals surface area contributed by atoms with Crippen LogP contribution in [0.2, 0.25) is 0 Å². The van der Waals surface area contributed by atoms with Crippen LogP contribution in [0.25, 0.3) is 5.76 Å². The van der Waals surface area contributed by atoms with Crippen LogP contribution in [0.1, 0.15) is 44.4 Å². The first-order chi connectivity index (χ1) is 15.9. The Morgan fingerprint density at radius 2 is 1.82 bits per heavy atom. The normalized spacial score (nSPS) is 17.6. The summed E-state index contributed by atoms with van der Waals surface area (Å²) in [4.78, 5) is 27.6. The maximum atomic E-state index is 13.1. The molecule has 1 N–H and O–H groups in total. The van der Waals surface area contributed by atoms with E-state index >= 15 is 0 Å². The number of carbonyl (C=O) groups is 2. The highest BCUT2D eigenvalue weighted by atomic mass is 16.5. The molecule has 0 saturated carbocycles. The molecule has 1 amide bonds. The first-order valence-electron chi connectivity index (χ1n) is 11.1. The summed E-state index contributed by atoms with van der Waals surface area (Å²) in [6, 6.07) is 13.3. The van der Waals surface area contributed by atoms with Crippen LogP contribution in [0.4, 0.5) is 0 Å². The molecule has 33 heavy (non-hydrogen) atoms. The number of ketones is 1. The zero-order chi connectivity index (χ0) is 24.0. The standard InChI is InChI=1S/C26H31NO6/c1-5-32-20-12-10-18(11-13-20)23-22(24(28)19-8-6-9-21(16-19)31-4)25(29)26(30)27(23)14-7-15-33-17(2)3/h6,8-13,16-17,23,28H,5,7,14-15H2,1-4H3/t23-/m1/s1. The van der Waals surface area contributed by atoms with Crippen molar-refractivity contribution in [3.63, 3.8) is 0 Å². The fraction of sp³-hybridized carbons (Fsp3) is 0.385. The Morgan fingerprint density at radius 3 is 2.45 bits per heavy atom. The van der Waals surface area contributed by atoms with Crippen molar-refractivity contribution < 1.29 is 28.9 Å². The third-order valence-electron chi connectivity index (χ3n) is 5.38. The van der Waals surface area contributed by atoms with E-state index in [2.05, 4.69) is 0 Å². The highest BCUT2D eigenvalue weighted by Crippen LogP contribution is 2.40. The Labute approximate surface area is 194 Å². The molecule has 2 aromatic rings. The zero-order valence-corrected chi connectivity index (χ0v) is 19.5. The minimum absolute atomic E-state index is 0.0576. The van der Waals surface area contributed by atoms with E-state index < -0.39 is 17.7 Å². The summed E-state index contributed by atoms with van der Waals surface area (Å²) in [7, 11) is 1.53. The van der Waals surface area contributed by atoms with Gasteiger partial charge in [0.2, 0.25) is 0 Å². The third kappa shape index (κ3) is 5.54. The van der Waals surface area contributed by atoms with E-state index in [1.165, 1.54) is 12.0 Å². The second kappa shape index (κ2) is 11.0. The summed E-state index contributed by atoms with van der Waals surface area (Å²) in [5, 5.41) is 11.1. The first kappa shape index (κ1) is 24.3. The molecular formula is C26H31NO6. The zero-order valence-electron chi connectivity index (χ0n) is 19.5. The number of amides is 1. The van der Waals surface area contributed by atoms with Gasteiger partial charge in [0, 0.05) is 18.7 Å². The van der Waals surface area contributed by atoms with Crippen molar-refractivity contribution in [2.75, 3.05) is 26.9 Å². The predicted octanol–water partition coefficient (Wildman–Crippen LogP) is 4.33. The lowest BCUT2D eigenvalue weighted by Gasteiger charge is -2.25. The molecule has 7 nitrogen and oxygen atoms in total. The van der Waals surface area contributed by atoms with Gasteiger partial charge in [-0.25, -0.2) is 0 Å². The molecule has 0 aliphatic carbocycles. The summed E-state index contributed by atoms with van der Waals surface area (Å²) < 4.78 is 16.4. The molecule has 1 heterocycles. The SMILES string of the molecule is CCOc1ccc([C@@H]2C(=C(O)c3cccc(OC)c3)C(=O)C(=O)N2CCCOC(C)C)cc1. The Morgan fingerprint density at radius 1 is 1.09 bits per heavy atom. The number of benzene rings is 2. The molecule has 2 aromatic carbocycles. The monoisotopic (exact) mass is 453 g/mol. The Hall–Kier alpha value is -3.32. The second-order valence-electron chi connectivity index (χ2n) is 8.00. The summed E-state index contributed by atoms with van der Waals surface area (Å²) >= 11 is 0. The predicted molar refractivity (Wildman–Crippen MR) is 125 cm³/mol. The molecule has 1 aliphatic heterocycles. The number of ether oxygens (including phenoxy) is 3. The average Bonchev–Trinajstić information content (AvgIpc) is 3.07. The number of nitrogens with zero attached hydrogens (tertiary/aromatic N) is 1. The fourth-order valence-corrected chi connectivity index (χ4v) is 3.85. The van der Waals surface area contributed by atoms with Crippen molar-refractivity contribution in [2.45, 2.75) is 39.3 Å². The smallest absolute Gasteiger partial charge is 0.295 e. The van der Waals surface area contributed by atoms with Gasteiger partial charge in [-0.05, 0) is 57.0 Å². The number of likely N-dealkylation sites (tertiary alicyclic amines) is 1. The van der Waals surface area contributed by atoms with Crippen molar-refractivity contribution in [3.8, 4) is 11.5 Å². The van der Waals surface area contributed by atoms with Gasteiger partial charge in [-0.15, -0.1) is 0 Å². The number of carbonyl (C=O) groups excluding carboxylic acids is 2. The number of hydrogen-bond donors (Lipinski definition) is 1. The van der Waals surface area contributed by atoms with Crippen LogP contribution in [-0.4, -0.2) is 54.7 Å². The summed E-state index contributed by atoms with van der Waals surface area (Å²) in [6.07, 6.45) is 0.646. The maximum absolute atomic E-state index is 13.1. The number of rotatable bonds is 10. The van der Waals surface area contributed by atoms with Crippen LogP contribution in [0.15, 0.2) is 54.1 Å². The fourth-order valence-electron chi connectivity index (χ4n) is 3.85. The minimum atomic E-state index is -0.717. The summed E-state index contributed by atoms with van der Waals surface area (Å²) in [5.41, 5.74) is 1.18. The maximum Gasteiger partial charge on any atom is 0.295 e. The van der Waals surface area contributed by atoms with Crippen LogP contribution in [0.3, 0.4) is 0 Å². The first-order valence-corrected chi connectivity index (χ1v) is 11.1. The third-order valence-corrected chi connectivity index (χ3v) is 5.38. The van der Waals surface area contributed by atoms with Crippen LogP contribution >= 0.6 is 0 Å². The van der Waals surface area contributed by atoms with Crippen molar-refractivity contribution in [3.05, 3.63) is 65.2 Å². The Kier molecular flexibility index (Phi) is 8.11. The minimum Gasteiger partial charge on any atom is -0.507 e. The van der Waals surface area contributed by atoms with E-state index in [1.807, 2.05) is 32.9 Å². The number of hydrogen-bond acceptors (Lipinski definition) is 6. The number of methoxy groups -OCH3 is 1. The molecule has 0 spiro atoms. The van der Waals surface area contributed by atoms with Crippen LogP contribution < -0.4 is 9.47 Å². The van der Waals surface area contributed by atoms with E-state index in [0.29, 0.717) is 48.8 Å². The lowest BCUT2D eigenvalue weighted by Crippen LogP contribution is -2.31. The van der Waals surface area contributed by atoms with Gasteiger partial charge in [0.25, 0.3) is 11.7 Å². The van der Waals surface area contributed by atoms with Crippen LogP contribution in [0.5, 0.6) is 11.5 Å². The van der Waals surface area contributed by atoms with Crippen molar-refractivity contribution in [1.82, 2.24) is 4.90 Å². The topological polar surface area (TPSA) is 85.3 Å². The Bertz CT molecular complexity index is 1010. The van der Waals surface area contributed by atoms with Gasteiger partial charge in [0.1, 0.15) is 17.3 Å². The van der Waals surface area contributed by atoms with Gasteiger partial charge in [-0.3, -0.25) is 9.59 Å². The summed E-state index contributed by atoms with van der Waals surface area (Å²) in [6.45, 7) is 7.11. The highest BCUT2D eigenvalue weighted by Gasteiger charge is 2.45. The van der Waals surface area contributed by atoms with E-state index in [4.69, 9.17) is 14.2 Å². The lowest BCUT2D eigenvalue weighted by atomic mass is 9.95.